The Kier molecular flexibility index (Phi) is 6.03. The Balaban J connectivity index is 1.42. The van der Waals surface area contributed by atoms with Crippen LogP contribution in [0.1, 0.15) is 62.8 Å². The van der Waals surface area contributed by atoms with Gasteiger partial charge in [0.2, 0.25) is 0 Å². The highest BCUT2D eigenvalue weighted by atomic mass is 16.5. The number of aliphatic imine (C=N–C) groups is 1. The van der Waals surface area contributed by atoms with Crippen LogP contribution in [0.25, 0.3) is 0 Å². The van der Waals surface area contributed by atoms with Gasteiger partial charge in [0.15, 0.2) is 6.61 Å². The van der Waals surface area contributed by atoms with Crippen LogP contribution in [0.5, 0.6) is 5.75 Å². The average molecular weight is 441 g/mol. The molecular weight excluding hydrogens is 408 g/mol. The molecule has 0 spiro atoms. The first kappa shape index (κ1) is 21.6. The number of amides is 2. The molecule has 2 saturated carbocycles. The normalized spacial score (nSPS) is 30.9. The minimum absolute atomic E-state index is 0.0209. The fraction of sp³-hybridized carbons (Fsp3) is 0.640. The molecule has 32 heavy (non-hydrogen) atoms. The Bertz CT molecular complexity index is 901. The summed E-state index contributed by atoms with van der Waals surface area (Å²) >= 11 is 0. The number of ether oxygens (including phenoxy) is 3. The predicted octanol–water partition coefficient (Wildman–Crippen LogP) is 3.26. The first-order valence-electron chi connectivity index (χ1n) is 11.9. The third kappa shape index (κ3) is 4.20. The van der Waals surface area contributed by atoms with E-state index < -0.39 is 5.60 Å². The van der Waals surface area contributed by atoms with Crippen molar-refractivity contribution in [1.29, 1.82) is 0 Å². The zero-order valence-corrected chi connectivity index (χ0v) is 18.8. The molecule has 0 radical (unpaired) electrons. The molecule has 1 aromatic carbocycles. The molecule has 1 aromatic rings. The number of piperidine rings is 1. The zero-order valence-electron chi connectivity index (χ0n) is 18.8. The van der Waals surface area contributed by atoms with Crippen molar-refractivity contribution in [2.24, 2.45) is 4.99 Å². The number of rotatable bonds is 2. The maximum Gasteiger partial charge on any atom is 0.277 e. The number of methoxy groups -OCH3 is 1. The van der Waals surface area contributed by atoms with E-state index in [4.69, 9.17) is 14.2 Å². The zero-order chi connectivity index (χ0) is 22.1. The van der Waals surface area contributed by atoms with Crippen molar-refractivity contribution in [2.45, 2.75) is 75.0 Å². The Labute approximate surface area is 189 Å². The third-order valence-electron chi connectivity index (χ3n) is 7.52. The van der Waals surface area contributed by atoms with Crippen LogP contribution < -0.4 is 4.74 Å². The van der Waals surface area contributed by atoms with Crippen LogP contribution in [0, 0.1) is 0 Å². The second-order valence-electron chi connectivity index (χ2n) is 9.45. The first-order valence-corrected chi connectivity index (χ1v) is 11.9. The van der Waals surface area contributed by atoms with Crippen molar-refractivity contribution in [3.63, 3.8) is 0 Å². The highest BCUT2D eigenvalue weighted by Gasteiger charge is 2.51. The molecule has 3 heterocycles. The van der Waals surface area contributed by atoms with Gasteiger partial charge in [0.1, 0.15) is 11.4 Å². The molecule has 5 aliphatic rings. The highest BCUT2D eigenvalue weighted by molar-refractivity contribution is 6.04. The van der Waals surface area contributed by atoms with Crippen molar-refractivity contribution < 1.29 is 23.8 Å². The van der Waals surface area contributed by atoms with Gasteiger partial charge in [-0.15, -0.1) is 0 Å². The van der Waals surface area contributed by atoms with E-state index in [0.717, 1.165) is 43.6 Å². The topological polar surface area (TPSA) is 77.4 Å². The van der Waals surface area contributed by atoms with Crippen LogP contribution in [0.2, 0.25) is 0 Å². The maximum atomic E-state index is 13.2. The van der Waals surface area contributed by atoms with E-state index in [1.54, 1.807) is 12.0 Å². The SMILES string of the molecule is COC1(C(=O)N=C2CCCN3C(=O)COc4ccccc4C4CCC(CC4)OC[C@@H]23)CC1. The summed E-state index contributed by atoms with van der Waals surface area (Å²) < 4.78 is 17.8. The van der Waals surface area contributed by atoms with Crippen molar-refractivity contribution >= 4 is 17.5 Å². The number of carbonyl (C=O) groups excluding carboxylic acids is 2. The molecule has 172 valence electrons. The number of nitrogens with zero attached hydrogens (tertiary/aromatic N) is 2. The van der Waals surface area contributed by atoms with Crippen LogP contribution in [0.4, 0.5) is 0 Å². The largest absolute Gasteiger partial charge is 0.483 e. The molecule has 3 aliphatic heterocycles. The van der Waals surface area contributed by atoms with Gasteiger partial charge in [-0.05, 0) is 68.9 Å². The molecule has 2 amide bonds. The van der Waals surface area contributed by atoms with Gasteiger partial charge < -0.3 is 19.1 Å². The van der Waals surface area contributed by atoms with Gasteiger partial charge in [-0.1, -0.05) is 18.2 Å². The Morgan fingerprint density at radius 1 is 1.19 bits per heavy atom. The Morgan fingerprint density at radius 2 is 1.97 bits per heavy atom. The monoisotopic (exact) mass is 440 g/mol. The third-order valence-corrected chi connectivity index (χ3v) is 7.52. The number of carbonyl (C=O) groups is 2. The van der Waals surface area contributed by atoms with Crippen LogP contribution in [-0.4, -0.2) is 67.0 Å². The summed E-state index contributed by atoms with van der Waals surface area (Å²) in [6.07, 6.45) is 7.11. The molecule has 1 atom stereocenters. The van der Waals surface area contributed by atoms with Gasteiger partial charge in [0.25, 0.3) is 11.8 Å². The molecule has 7 heteroatoms. The highest BCUT2D eigenvalue weighted by Crippen LogP contribution is 2.41. The summed E-state index contributed by atoms with van der Waals surface area (Å²) in [6, 6.07) is 7.75. The molecule has 2 aliphatic carbocycles. The number of para-hydroxylation sites is 1. The van der Waals surface area contributed by atoms with Gasteiger partial charge in [0.05, 0.1) is 18.8 Å². The molecule has 1 saturated heterocycles. The van der Waals surface area contributed by atoms with Crippen molar-refractivity contribution in [1.82, 2.24) is 4.90 Å². The number of hydrogen-bond acceptors (Lipinski definition) is 5. The van der Waals surface area contributed by atoms with E-state index in [1.807, 2.05) is 18.2 Å². The van der Waals surface area contributed by atoms with E-state index in [-0.39, 0.29) is 30.6 Å². The minimum Gasteiger partial charge on any atom is -0.483 e. The van der Waals surface area contributed by atoms with E-state index in [0.29, 0.717) is 38.3 Å². The van der Waals surface area contributed by atoms with Gasteiger partial charge in [-0.2, -0.15) is 0 Å². The van der Waals surface area contributed by atoms with Crippen LogP contribution in [0.3, 0.4) is 0 Å². The van der Waals surface area contributed by atoms with Crippen molar-refractivity contribution in [3.05, 3.63) is 29.8 Å². The minimum atomic E-state index is -0.755. The van der Waals surface area contributed by atoms with Gasteiger partial charge >= 0.3 is 0 Å². The predicted molar refractivity (Wildman–Crippen MR) is 119 cm³/mol. The molecule has 3 fully saturated rings. The Hall–Kier alpha value is -2.25. The molecular formula is C25H32N2O5. The van der Waals surface area contributed by atoms with Gasteiger partial charge in [0, 0.05) is 19.4 Å². The lowest BCUT2D eigenvalue weighted by Crippen LogP contribution is -2.53. The molecule has 2 bridgehead atoms. The number of hydrogen-bond donors (Lipinski definition) is 0. The van der Waals surface area contributed by atoms with Gasteiger partial charge in [-0.25, -0.2) is 4.99 Å². The lowest BCUT2D eigenvalue weighted by Gasteiger charge is -2.37. The van der Waals surface area contributed by atoms with Crippen molar-refractivity contribution in [2.75, 3.05) is 26.9 Å². The standard InChI is InChI=1S/C25H32N2O5/c1-30-25(12-13-25)24(29)26-20-6-4-14-27-21(20)15-31-18-10-8-17(9-11-18)19-5-2-3-7-22(19)32-16-23(27)28/h2-3,5,7,17-18,21H,4,6,8-16H2,1H3/t17?,18?,21-/m0/s1. The molecule has 6 rings (SSSR count). The number of fused-ring (bicyclic) bond motifs is 5. The summed E-state index contributed by atoms with van der Waals surface area (Å²) in [7, 11) is 1.56. The van der Waals surface area contributed by atoms with Crippen LogP contribution >= 0.6 is 0 Å². The summed E-state index contributed by atoms with van der Waals surface area (Å²) in [5, 5.41) is 0. The molecule has 0 N–H and O–H groups in total. The second kappa shape index (κ2) is 8.94. The quantitative estimate of drug-likeness (QED) is 0.706. The molecule has 7 nitrogen and oxygen atoms in total. The fourth-order valence-corrected chi connectivity index (χ4v) is 5.34. The molecule has 0 aromatic heterocycles. The Morgan fingerprint density at radius 3 is 2.72 bits per heavy atom. The van der Waals surface area contributed by atoms with Gasteiger partial charge in [-0.3, -0.25) is 9.59 Å². The number of benzene rings is 1. The fourth-order valence-electron chi connectivity index (χ4n) is 5.34. The summed E-state index contributed by atoms with van der Waals surface area (Å²) in [4.78, 5) is 32.3. The van der Waals surface area contributed by atoms with Crippen LogP contribution in [-0.2, 0) is 19.1 Å². The summed E-state index contributed by atoms with van der Waals surface area (Å²) in [6.45, 7) is 0.973. The smallest absolute Gasteiger partial charge is 0.277 e. The van der Waals surface area contributed by atoms with Crippen molar-refractivity contribution in [3.8, 4) is 5.75 Å². The maximum absolute atomic E-state index is 13.2. The summed E-state index contributed by atoms with van der Waals surface area (Å²) in [5.41, 5.74) is 1.17. The second-order valence-corrected chi connectivity index (χ2v) is 9.45. The van der Waals surface area contributed by atoms with E-state index >= 15 is 0 Å². The van der Waals surface area contributed by atoms with E-state index in [9.17, 15) is 9.59 Å². The molecule has 0 unspecified atom stereocenters. The average Bonchev–Trinajstić information content (AvgIpc) is 3.63. The summed E-state index contributed by atoms with van der Waals surface area (Å²) in [5.74, 6) is 0.923. The lowest BCUT2D eigenvalue weighted by molar-refractivity contribution is -0.137. The van der Waals surface area contributed by atoms with Crippen LogP contribution in [0.15, 0.2) is 29.3 Å². The van der Waals surface area contributed by atoms with E-state index in [2.05, 4.69) is 11.1 Å². The lowest BCUT2D eigenvalue weighted by atomic mass is 9.82. The first-order chi connectivity index (χ1) is 15.6. The van der Waals surface area contributed by atoms with E-state index in [1.165, 1.54) is 5.56 Å².